The van der Waals surface area contributed by atoms with Crippen LogP contribution in [0.3, 0.4) is 0 Å². The second-order valence-electron chi connectivity index (χ2n) is 24.8. The van der Waals surface area contributed by atoms with Crippen molar-refractivity contribution in [2.45, 2.75) is 16.2 Å². The molecule has 0 amide bonds. The zero-order valence-electron chi connectivity index (χ0n) is 50.9. The van der Waals surface area contributed by atoms with Crippen LogP contribution in [-0.4, -0.2) is 15.0 Å². The monoisotopic (exact) mass is 1180 g/mol. The molecule has 0 atom stereocenters. The first-order valence-corrected chi connectivity index (χ1v) is 32.1. The Hall–Kier alpha value is -11.9. The summed E-state index contributed by atoms with van der Waals surface area (Å²) in [5, 5.41) is 0. The van der Waals surface area contributed by atoms with E-state index in [1.807, 2.05) is 36.4 Å². The fourth-order valence-corrected chi connectivity index (χ4v) is 16.2. The van der Waals surface area contributed by atoms with E-state index >= 15 is 0 Å². The van der Waals surface area contributed by atoms with E-state index in [0.29, 0.717) is 17.5 Å². The van der Waals surface area contributed by atoms with E-state index in [2.05, 4.69) is 322 Å². The Morgan fingerprint density at radius 2 is 0.333 bits per heavy atom. The molecule has 0 N–H and O–H groups in total. The summed E-state index contributed by atoms with van der Waals surface area (Å²) in [6, 6.07) is 133. The zero-order valence-corrected chi connectivity index (χ0v) is 50.9. The van der Waals surface area contributed by atoms with Gasteiger partial charge in [-0.25, -0.2) is 15.0 Å². The lowest BCUT2D eigenvalue weighted by Crippen LogP contribution is -2.35. The molecule has 3 aliphatic carbocycles. The fraction of sp³-hybridized carbons (Fsp3) is 0.0333. The van der Waals surface area contributed by atoms with Gasteiger partial charge in [0.05, 0.1) is 16.2 Å². The quantitative estimate of drug-likeness (QED) is 0.130. The predicted molar refractivity (Wildman–Crippen MR) is 379 cm³/mol. The summed E-state index contributed by atoms with van der Waals surface area (Å²) in [6.07, 6.45) is 0. The van der Waals surface area contributed by atoms with Crippen molar-refractivity contribution in [2.24, 2.45) is 0 Å². The second-order valence-corrected chi connectivity index (χ2v) is 24.8. The van der Waals surface area contributed by atoms with Crippen LogP contribution >= 0.6 is 0 Å². The summed E-state index contributed by atoms with van der Waals surface area (Å²) in [5.41, 5.74) is 26.9. The van der Waals surface area contributed by atoms with Crippen molar-refractivity contribution in [3.8, 4) is 89.8 Å². The van der Waals surface area contributed by atoms with Gasteiger partial charge in [0.25, 0.3) is 0 Å². The van der Waals surface area contributed by atoms with E-state index in [-0.39, 0.29) is 0 Å². The van der Waals surface area contributed by atoms with Crippen molar-refractivity contribution in [1.82, 2.24) is 15.0 Å². The molecule has 0 fully saturated rings. The molecule has 0 saturated heterocycles. The average molecular weight is 1180 g/mol. The molecule has 14 aromatic carbocycles. The highest BCUT2D eigenvalue weighted by atomic mass is 15.0. The Balaban J connectivity index is 0.969. The summed E-state index contributed by atoms with van der Waals surface area (Å²) in [4.78, 5) is 15.6. The largest absolute Gasteiger partial charge is 0.208 e. The lowest BCUT2D eigenvalue weighted by atomic mass is 9.60. The third-order valence-electron chi connectivity index (χ3n) is 20.2. The second kappa shape index (κ2) is 21.7. The Morgan fingerprint density at radius 3 is 0.581 bits per heavy atom. The highest BCUT2D eigenvalue weighted by Gasteiger charge is 2.53. The number of fused-ring (bicyclic) bond motifs is 9. The smallest absolute Gasteiger partial charge is 0.164 e. The molecule has 0 aliphatic heterocycles. The number of aromatic nitrogens is 3. The van der Waals surface area contributed by atoms with E-state index in [1.165, 1.54) is 117 Å². The zero-order chi connectivity index (χ0) is 61.5. The van der Waals surface area contributed by atoms with E-state index in [4.69, 9.17) is 15.0 Å². The number of rotatable bonds is 11. The minimum atomic E-state index is -0.869. The van der Waals surface area contributed by atoms with Gasteiger partial charge in [-0.05, 0) is 122 Å². The molecular weight excluding hydrogens is 1120 g/mol. The molecule has 93 heavy (non-hydrogen) atoms. The maximum atomic E-state index is 5.25. The van der Waals surface area contributed by atoms with Crippen LogP contribution in [0.4, 0.5) is 0 Å². The van der Waals surface area contributed by atoms with Crippen molar-refractivity contribution in [3.05, 3.63) is 425 Å². The minimum absolute atomic E-state index is 0.609. The molecular formula is C90H59N3. The lowest BCUT2D eigenvalue weighted by molar-refractivity contribution is 0.713. The van der Waals surface area contributed by atoms with Crippen LogP contribution < -0.4 is 0 Å². The van der Waals surface area contributed by atoms with Crippen molar-refractivity contribution in [1.29, 1.82) is 0 Å². The first kappa shape index (κ1) is 54.1. The van der Waals surface area contributed by atoms with Gasteiger partial charge >= 0.3 is 0 Å². The highest BCUT2D eigenvalue weighted by Crippen LogP contribution is 2.63. The lowest BCUT2D eigenvalue weighted by Gasteiger charge is -2.41. The Bertz CT molecular complexity index is 4960. The molecule has 18 rings (SSSR count). The van der Waals surface area contributed by atoms with Crippen LogP contribution in [0.1, 0.15) is 66.8 Å². The van der Waals surface area contributed by atoms with E-state index < -0.39 is 16.2 Å². The molecule has 434 valence electrons. The fourth-order valence-electron chi connectivity index (χ4n) is 16.2. The topological polar surface area (TPSA) is 38.7 Å². The summed E-state index contributed by atoms with van der Waals surface area (Å²) < 4.78 is 0. The van der Waals surface area contributed by atoms with Gasteiger partial charge in [0.2, 0.25) is 0 Å². The first-order chi connectivity index (χ1) is 46.1. The van der Waals surface area contributed by atoms with Crippen molar-refractivity contribution in [2.75, 3.05) is 0 Å². The number of benzene rings is 14. The minimum Gasteiger partial charge on any atom is -0.208 e. The number of hydrogen-bond donors (Lipinski definition) is 0. The van der Waals surface area contributed by atoms with Gasteiger partial charge in [-0.3, -0.25) is 0 Å². The van der Waals surface area contributed by atoms with Crippen molar-refractivity contribution in [3.63, 3.8) is 0 Å². The van der Waals surface area contributed by atoms with E-state index in [0.717, 1.165) is 22.3 Å². The van der Waals surface area contributed by atoms with Crippen LogP contribution in [0, 0.1) is 0 Å². The number of hydrogen-bond acceptors (Lipinski definition) is 3. The normalized spacial score (nSPS) is 13.8. The van der Waals surface area contributed by atoms with Gasteiger partial charge in [0.15, 0.2) is 17.5 Å². The Kier molecular flexibility index (Phi) is 12.6. The Labute approximate surface area is 542 Å². The van der Waals surface area contributed by atoms with Crippen LogP contribution in [0.25, 0.3) is 89.8 Å². The molecule has 3 nitrogen and oxygen atoms in total. The van der Waals surface area contributed by atoms with E-state index in [9.17, 15) is 0 Å². The average Bonchev–Trinajstić information content (AvgIpc) is 1.57. The van der Waals surface area contributed by atoms with Gasteiger partial charge in [0, 0.05) is 16.7 Å². The molecule has 3 heteroatoms. The predicted octanol–water partition coefficient (Wildman–Crippen LogP) is 21.3. The van der Waals surface area contributed by atoms with Crippen LogP contribution in [0.15, 0.2) is 358 Å². The van der Waals surface area contributed by atoms with Gasteiger partial charge in [-0.1, -0.05) is 358 Å². The SMILES string of the molecule is c1ccc(-c2ccc(C3(c4cc(C5(c6ccc(-c7ccccc7)cc6)c6ccccc6-c6ccccc65)cc(C5(c6ccc(-c7nc(-c8ccccc8)nc(-c8ccccc8)n7)cc6)c6ccccc6-c6ccccc65)c4)c4ccccc4-c4ccccc43)cc2)cc1. The van der Waals surface area contributed by atoms with Gasteiger partial charge in [-0.15, -0.1) is 0 Å². The van der Waals surface area contributed by atoms with Gasteiger partial charge in [-0.2, -0.15) is 0 Å². The third-order valence-corrected chi connectivity index (χ3v) is 20.2. The molecule has 0 radical (unpaired) electrons. The molecule has 15 aromatic rings. The third kappa shape index (κ3) is 8.20. The highest BCUT2D eigenvalue weighted by molar-refractivity contribution is 5.92. The molecule has 0 saturated carbocycles. The maximum Gasteiger partial charge on any atom is 0.164 e. The number of nitrogens with zero attached hydrogens (tertiary/aromatic N) is 3. The van der Waals surface area contributed by atoms with Crippen molar-refractivity contribution >= 4 is 0 Å². The molecule has 1 heterocycles. The first-order valence-electron chi connectivity index (χ1n) is 32.1. The van der Waals surface area contributed by atoms with Crippen LogP contribution in [0.2, 0.25) is 0 Å². The Morgan fingerprint density at radius 1 is 0.151 bits per heavy atom. The molecule has 3 aliphatic rings. The molecule has 1 aromatic heterocycles. The van der Waals surface area contributed by atoms with Crippen LogP contribution in [-0.2, 0) is 16.2 Å². The summed E-state index contributed by atoms with van der Waals surface area (Å²) in [6.45, 7) is 0. The van der Waals surface area contributed by atoms with Gasteiger partial charge in [0.1, 0.15) is 0 Å². The molecule has 0 unspecified atom stereocenters. The van der Waals surface area contributed by atoms with E-state index in [1.54, 1.807) is 0 Å². The van der Waals surface area contributed by atoms with Crippen LogP contribution in [0.5, 0.6) is 0 Å². The standard InChI is InChI=1S/C90H59N3/c1-5-25-60(26-6-1)62-45-51-67(52-46-62)88(79-39-19-13-33-73(79)74-34-14-20-40-80(74)88)70-57-71(89(68-53-47-63(48-54-68)61-27-7-2-8-28-61)81-41-21-15-35-75(81)76-36-16-22-42-82(76)89)59-72(58-70)90(83-43-23-17-37-77(83)78-38-18-24-44-84(78)90)69-55-49-66(50-56-69)87-92-85(64-29-9-3-10-30-64)91-86(93-87)65-31-11-4-12-32-65/h1-59H. The van der Waals surface area contributed by atoms with Gasteiger partial charge < -0.3 is 0 Å². The summed E-state index contributed by atoms with van der Waals surface area (Å²) >= 11 is 0. The molecule has 0 spiro atoms. The molecule has 0 bridgehead atoms. The summed E-state index contributed by atoms with van der Waals surface area (Å²) in [5.74, 6) is 1.86. The maximum absolute atomic E-state index is 5.25. The summed E-state index contributed by atoms with van der Waals surface area (Å²) in [7, 11) is 0. The van der Waals surface area contributed by atoms with Crippen molar-refractivity contribution < 1.29 is 0 Å².